The van der Waals surface area contributed by atoms with E-state index in [1.54, 1.807) is 18.5 Å². The van der Waals surface area contributed by atoms with E-state index in [1.807, 2.05) is 0 Å². The van der Waals surface area contributed by atoms with E-state index < -0.39 is 11.2 Å². The maximum atomic E-state index is 10.8. The second kappa shape index (κ2) is 5.60. The molecule has 0 spiro atoms. The largest absolute Gasteiger partial charge is 0.406 e. The van der Waals surface area contributed by atoms with E-state index in [2.05, 4.69) is 10.3 Å². The number of hydrogen-bond acceptors (Lipinski definition) is 6. The summed E-state index contributed by atoms with van der Waals surface area (Å²) in [6.45, 7) is 2.00. The van der Waals surface area contributed by atoms with Gasteiger partial charge in [0.15, 0.2) is 6.29 Å². The van der Waals surface area contributed by atoms with Crippen molar-refractivity contribution in [2.24, 2.45) is 7.05 Å². The van der Waals surface area contributed by atoms with Crippen molar-refractivity contribution in [3.05, 3.63) is 15.9 Å². The van der Waals surface area contributed by atoms with Crippen LogP contribution in [-0.4, -0.2) is 41.5 Å². The number of rotatable bonds is 6. The second-order valence-corrected chi connectivity index (χ2v) is 3.43. The van der Waals surface area contributed by atoms with Crippen LogP contribution in [0.1, 0.15) is 5.82 Å². The molecule has 1 rings (SSSR count). The van der Waals surface area contributed by atoms with Gasteiger partial charge in [-0.1, -0.05) is 0 Å². The van der Waals surface area contributed by atoms with Crippen molar-refractivity contribution in [1.29, 1.82) is 0 Å². The lowest BCUT2D eigenvalue weighted by molar-refractivity contribution is -0.388. The van der Waals surface area contributed by atoms with Crippen LogP contribution in [0.25, 0.3) is 0 Å². The number of aryl methyl sites for hydroxylation is 1. The Kier molecular flexibility index (Phi) is 4.41. The van der Waals surface area contributed by atoms with E-state index in [9.17, 15) is 10.1 Å². The molecule has 17 heavy (non-hydrogen) atoms. The highest BCUT2D eigenvalue weighted by molar-refractivity contribution is 5.53. The highest BCUT2D eigenvalue weighted by Gasteiger charge is 2.23. The molecule has 8 heteroatoms. The van der Waals surface area contributed by atoms with Gasteiger partial charge in [0.05, 0.1) is 6.54 Å². The fourth-order valence-corrected chi connectivity index (χ4v) is 1.36. The van der Waals surface area contributed by atoms with Crippen molar-refractivity contribution in [3.63, 3.8) is 0 Å². The van der Waals surface area contributed by atoms with Gasteiger partial charge in [0.25, 0.3) is 0 Å². The summed E-state index contributed by atoms with van der Waals surface area (Å²) < 4.78 is 11.6. The van der Waals surface area contributed by atoms with E-state index in [4.69, 9.17) is 9.47 Å². The second-order valence-electron chi connectivity index (χ2n) is 3.43. The summed E-state index contributed by atoms with van der Waals surface area (Å²) in [7, 11) is 4.70. The lowest BCUT2D eigenvalue weighted by atomic mass is 10.5. The molecular formula is C9H16N4O4. The van der Waals surface area contributed by atoms with E-state index >= 15 is 0 Å². The molecule has 0 aliphatic rings. The Hall–Kier alpha value is -1.67. The van der Waals surface area contributed by atoms with Crippen LogP contribution in [-0.2, 0) is 16.5 Å². The third-order valence-corrected chi connectivity index (χ3v) is 2.44. The number of ether oxygens (including phenoxy) is 2. The highest BCUT2D eigenvalue weighted by atomic mass is 16.7. The molecule has 8 nitrogen and oxygen atoms in total. The Balaban J connectivity index is 2.86. The van der Waals surface area contributed by atoms with Gasteiger partial charge in [0, 0.05) is 28.2 Å². The lowest BCUT2D eigenvalue weighted by Gasteiger charge is -2.14. The van der Waals surface area contributed by atoms with Gasteiger partial charge in [-0.05, 0) is 9.91 Å². The molecule has 0 saturated carbocycles. The maximum absolute atomic E-state index is 10.8. The van der Waals surface area contributed by atoms with Gasteiger partial charge in [-0.25, -0.2) is 0 Å². The van der Waals surface area contributed by atoms with Crippen molar-refractivity contribution in [3.8, 4) is 0 Å². The van der Waals surface area contributed by atoms with Gasteiger partial charge in [-0.3, -0.25) is 4.57 Å². The standard InChI is InChI=1S/C9H16N4O4/c1-6-11-9(13(14)15)8(12(6)2)10-5-7(16-3)17-4/h7,10H,5H2,1-4H3. The van der Waals surface area contributed by atoms with Crippen LogP contribution in [0.4, 0.5) is 11.6 Å². The van der Waals surface area contributed by atoms with Crippen LogP contribution in [0.15, 0.2) is 0 Å². The SMILES string of the molecule is COC(CNc1c([N+](=O)[O-])nc(C)n1C)OC. The predicted molar refractivity (Wildman–Crippen MR) is 60.9 cm³/mol. The average molecular weight is 244 g/mol. The van der Waals surface area contributed by atoms with Crippen LogP contribution in [0.3, 0.4) is 0 Å². The first kappa shape index (κ1) is 13.4. The molecule has 1 aromatic heterocycles. The molecule has 96 valence electrons. The predicted octanol–water partition coefficient (Wildman–Crippen LogP) is 0.668. The molecule has 0 bridgehead atoms. The summed E-state index contributed by atoms with van der Waals surface area (Å²) in [5.41, 5.74) is 0. The maximum Gasteiger partial charge on any atom is 0.406 e. The molecule has 0 unspecified atom stereocenters. The lowest BCUT2D eigenvalue weighted by Crippen LogP contribution is -2.24. The summed E-state index contributed by atoms with van der Waals surface area (Å²) >= 11 is 0. The van der Waals surface area contributed by atoms with Gasteiger partial charge in [0.1, 0.15) is 0 Å². The summed E-state index contributed by atoms with van der Waals surface area (Å²) in [5.74, 6) is 0.702. The molecule has 1 N–H and O–H groups in total. The molecule has 0 fully saturated rings. The Morgan fingerprint density at radius 1 is 1.53 bits per heavy atom. The monoisotopic (exact) mass is 244 g/mol. The Bertz CT molecular complexity index is 400. The Labute approximate surface area is 98.7 Å². The zero-order chi connectivity index (χ0) is 13.0. The number of aromatic nitrogens is 2. The van der Waals surface area contributed by atoms with Crippen LogP contribution < -0.4 is 5.32 Å². The van der Waals surface area contributed by atoms with Crippen LogP contribution in [0, 0.1) is 17.0 Å². The molecule has 0 aromatic carbocycles. The number of methoxy groups -OCH3 is 2. The van der Waals surface area contributed by atoms with Crippen molar-refractivity contribution in [2.75, 3.05) is 26.1 Å². The molecule has 0 aliphatic carbocycles. The minimum Gasteiger partial charge on any atom is -0.359 e. The van der Waals surface area contributed by atoms with Crippen LogP contribution in [0.2, 0.25) is 0 Å². The number of anilines is 1. The molecule has 0 atom stereocenters. The van der Waals surface area contributed by atoms with Gasteiger partial charge >= 0.3 is 5.82 Å². The van der Waals surface area contributed by atoms with Crippen molar-refractivity contribution in [2.45, 2.75) is 13.2 Å². The Morgan fingerprint density at radius 3 is 2.59 bits per heavy atom. The topological polar surface area (TPSA) is 91.5 Å². The van der Waals surface area contributed by atoms with E-state index in [0.29, 0.717) is 18.2 Å². The normalized spacial score (nSPS) is 10.9. The smallest absolute Gasteiger partial charge is 0.359 e. The molecule has 0 radical (unpaired) electrons. The number of nitrogens with zero attached hydrogens (tertiary/aromatic N) is 3. The number of imidazole rings is 1. The van der Waals surface area contributed by atoms with Crippen molar-refractivity contribution < 1.29 is 14.4 Å². The average Bonchev–Trinajstić information content (AvgIpc) is 2.58. The zero-order valence-electron chi connectivity index (χ0n) is 10.3. The third kappa shape index (κ3) is 2.92. The molecule has 1 aromatic rings. The summed E-state index contributed by atoms with van der Waals surface area (Å²) in [4.78, 5) is 14.1. The number of hydrogen-bond donors (Lipinski definition) is 1. The van der Waals surface area contributed by atoms with Crippen molar-refractivity contribution >= 4 is 11.6 Å². The summed E-state index contributed by atoms with van der Waals surface area (Å²) in [6.07, 6.45) is -0.468. The first-order chi connectivity index (χ1) is 8.01. The molecule has 0 aliphatic heterocycles. The highest BCUT2D eigenvalue weighted by Crippen LogP contribution is 2.23. The van der Waals surface area contributed by atoms with Gasteiger partial charge in [-0.2, -0.15) is 0 Å². The van der Waals surface area contributed by atoms with E-state index in [-0.39, 0.29) is 5.82 Å². The number of nitrogens with one attached hydrogen (secondary N) is 1. The summed E-state index contributed by atoms with van der Waals surface area (Å²) in [6, 6.07) is 0. The van der Waals surface area contributed by atoms with E-state index in [1.165, 1.54) is 14.2 Å². The molecule has 0 amide bonds. The van der Waals surface area contributed by atoms with Crippen molar-refractivity contribution in [1.82, 2.24) is 9.55 Å². The zero-order valence-corrected chi connectivity index (χ0v) is 10.3. The first-order valence-corrected chi connectivity index (χ1v) is 4.98. The van der Waals surface area contributed by atoms with Gasteiger partial charge < -0.3 is 24.9 Å². The van der Waals surface area contributed by atoms with Gasteiger partial charge in [-0.15, -0.1) is 0 Å². The minimum absolute atomic E-state index is 0.198. The van der Waals surface area contributed by atoms with Crippen LogP contribution in [0.5, 0.6) is 0 Å². The fraction of sp³-hybridized carbons (Fsp3) is 0.667. The van der Waals surface area contributed by atoms with Gasteiger partial charge in [0.2, 0.25) is 11.6 Å². The molecular weight excluding hydrogens is 228 g/mol. The third-order valence-electron chi connectivity index (χ3n) is 2.44. The molecule has 1 heterocycles. The van der Waals surface area contributed by atoms with E-state index in [0.717, 1.165) is 0 Å². The van der Waals surface area contributed by atoms with Crippen LogP contribution >= 0.6 is 0 Å². The number of nitro groups is 1. The molecule has 0 saturated heterocycles. The quantitative estimate of drug-likeness (QED) is 0.449. The minimum atomic E-state index is -0.524. The fourth-order valence-electron chi connectivity index (χ4n) is 1.36. The first-order valence-electron chi connectivity index (χ1n) is 4.98. The summed E-state index contributed by atoms with van der Waals surface area (Å²) in [5, 5.41) is 13.7. The Morgan fingerprint density at radius 2 is 2.12 bits per heavy atom.